The van der Waals surface area contributed by atoms with Crippen molar-refractivity contribution in [3.8, 4) is 5.88 Å². The van der Waals surface area contributed by atoms with Crippen molar-refractivity contribution in [2.45, 2.75) is 44.4 Å². The third kappa shape index (κ3) is 4.82. The lowest BCUT2D eigenvalue weighted by Gasteiger charge is -2.31. The van der Waals surface area contributed by atoms with Gasteiger partial charge in [0.25, 0.3) is 0 Å². The fourth-order valence-corrected chi connectivity index (χ4v) is 3.10. The van der Waals surface area contributed by atoms with E-state index in [9.17, 15) is 9.59 Å². The molecule has 1 aliphatic heterocycles. The Labute approximate surface area is 146 Å². The molecule has 2 fully saturated rings. The highest BCUT2D eigenvalue weighted by Gasteiger charge is 2.27. The fraction of sp³-hybridized carbons (Fsp3) is 0.588. The van der Waals surface area contributed by atoms with Crippen molar-refractivity contribution in [1.29, 1.82) is 0 Å². The molecule has 1 saturated carbocycles. The predicted molar refractivity (Wildman–Crippen MR) is 89.9 cm³/mol. The minimum atomic E-state index is -0.744. The summed E-state index contributed by atoms with van der Waals surface area (Å²) in [7, 11) is 0. The quantitative estimate of drug-likeness (QED) is 0.818. The number of urea groups is 1. The summed E-state index contributed by atoms with van der Waals surface area (Å²) >= 11 is 0. The topological polar surface area (TPSA) is 107 Å². The van der Waals surface area contributed by atoms with E-state index in [4.69, 9.17) is 15.2 Å². The summed E-state index contributed by atoms with van der Waals surface area (Å²) < 4.78 is 11.1. The number of morpholine rings is 1. The molecule has 25 heavy (non-hydrogen) atoms. The highest BCUT2D eigenvalue weighted by atomic mass is 16.5. The van der Waals surface area contributed by atoms with Crippen LogP contribution in [0, 0.1) is 0 Å². The van der Waals surface area contributed by atoms with E-state index in [1.54, 1.807) is 6.20 Å². The summed E-state index contributed by atoms with van der Waals surface area (Å²) in [5, 5.41) is 2.84. The van der Waals surface area contributed by atoms with Gasteiger partial charge in [-0.1, -0.05) is 0 Å². The lowest BCUT2D eigenvalue weighted by Crippen LogP contribution is -2.53. The molecule has 0 aromatic carbocycles. The van der Waals surface area contributed by atoms with Crippen LogP contribution in [0.4, 0.5) is 4.79 Å². The number of aromatic nitrogens is 1. The molecular weight excluding hydrogens is 324 g/mol. The van der Waals surface area contributed by atoms with Gasteiger partial charge in [0.05, 0.1) is 13.2 Å². The molecule has 2 heterocycles. The van der Waals surface area contributed by atoms with Crippen LogP contribution in [0.3, 0.4) is 0 Å². The maximum absolute atomic E-state index is 12.3. The molecule has 8 nitrogen and oxygen atoms in total. The molecule has 2 aliphatic rings. The predicted octanol–water partition coefficient (Wildman–Crippen LogP) is 0.799. The lowest BCUT2D eigenvalue weighted by atomic mass is 10.2. The van der Waals surface area contributed by atoms with E-state index in [0.29, 0.717) is 25.6 Å². The zero-order valence-electron chi connectivity index (χ0n) is 14.1. The number of nitrogens with two attached hydrogens (primary N) is 1. The summed E-state index contributed by atoms with van der Waals surface area (Å²) in [6.07, 6.45) is 5.73. The minimum absolute atomic E-state index is 0.174. The number of hydrogen-bond acceptors (Lipinski definition) is 5. The van der Waals surface area contributed by atoms with Crippen molar-refractivity contribution in [3.05, 3.63) is 23.9 Å². The van der Waals surface area contributed by atoms with Crippen LogP contribution in [0.15, 0.2) is 18.3 Å². The third-order valence-corrected chi connectivity index (χ3v) is 4.50. The molecule has 3 rings (SSSR count). The smallest absolute Gasteiger partial charge is 0.317 e. The first kappa shape index (κ1) is 17.5. The molecule has 1 aromatic rings. The minimum Gasteiger partial charge on any atom is -0.474 e. The Morgan fingerprint density at radius 1 is 1.40 bits per heavy atom. The molecule has 136 valence electrons. The normalized spacial score (nSPS) is 21.1. The number of ether oxygens (including phenoxy) is 2. The number of carbonyl (C=O) groups is 2. The number of amides is 3. The molecule has 8 heteroatoms. The second-order valence-corrected chi connectivity index (χ2v) is 6.39. The fourth-order valence-electron chi connectivity index (χ4n) is 3.10. The number of carbonyl (C=O) groups excluding carboxylic acids is 2. The van der Waals surface area contributed by atoms with Gasteiger partial charge in [-0.15, -0.1) is 0 Å². The van der Waals surface area contributed by atoms with Gasteiger partial charge in [0, 0.05) is 25.4 Å². The van der Waals surface area contributed by atoms with Crippen LogP contribution >= 0.6 is 0 Å². The second kappa shape index (κ2) is 8.15. The van der Waals surface area contributed by atoms with Crippen molar-refractivity contribution in [3.63, 3.8) is 0 Å². The van der Waals surface area contributed by atoms with Gasteiger partial charge in [-0.3, -0.25) is 4.79 Å². The van der Waals surface area contributed by atoms with E-state index in [1.165, 1.54) is 17.7 Å². The molecule has 1 atom stereocenters. The van der Waals surface area contributed by atoms with E-state index >= 15 is 0 Å². The molecule has 0 spiro atoms. The summed E-state index contributed by atoms with van der Waals surface area (Å²) in [4.78, 5) is 29.2. The third-order valence-electron chi connectivity index (χ3n) is 4.50. The van der Waals surface area contributed by atoms with Crippen LogP contribution in [0.1, 0.15) is 31.2 Å². The maximum atomic E-state index is 12.3. The summed E-state index contributed by atoms with van der Waals surface area (Å²) in [6.45, 7) is 1.27. The summed E-state index contributed by atoms with van der Waals surface area (Å²) in [6, 6.07) is 3.45. The molecule has 3 amide bonds. The van der Waals surface area contributed by atoms with Crippen LogP contribution in [0.25, 0.3) is 0 Å². The first-order valence-electron chi connectivity index (χ1n) is 8.67. The van der Waals surface area contributed by atoms with Crippen molar-refractivity contribution < 1.29 is 19.1 Å². The largest absolute Gasteiger partial charge is 0.474 e. The van der Waals surface area contributed by atoms with Crippen molar-refractivity contribution in [2.75, 3.05) is 19.7 Å². The Balaban J connectivity index is 1.50. The molecular formula is C17H24N4O4. The van der Waals surface area contributed by atoms with Crippen LogP contribution in [-0.4, -0.2) is 53.7 Å². The standard InChI is InChI=1S/C17H24N4O4/c18-16(22)14-11-21(7-8-24-14)17(23)20-10-12-5-6-19-15(9-12)25-13-3-1-2-4-13/h5-6,9,13-14H,1-4,7-8,10-11H2,(H2,18,22)(H,20,23)/t14-/m0/s1. The van der Waals surface area contributed by atoms with Gasteiger partial charge in [0.15, 0.2) is 6.10 Å². The van der Waals surface area contributed by atoms with E-state index in [-0.39, 0.29) is 18.7 Å². The van der Waals surface area contributed by atoms with Crippen molar-refractivity contribution >= 4 is 11.9 Å². The van der Waals surface area contributed by atoms with E-state index in [1.807, 2.05) is 12.1 Å². The number of rotatable bonds is 5. The number of nitrogens with zero attached hydrogens (tertiary/aromatic N) is 2. The Morgan fingerprint density at radius 3 is 2.96 bits per heavy atom. The molecule has 0 bridgehead atoms. The monoisotopic (exact) mass is 348 g/mol. The van der Waals surface area contributed by atoms with Gasteiger partial charge in [0.1, 0.15) is 6.10 Å². The van der Waals surface area contributed by atoms with Gasteiger partial charge in [-0.25, -0.2) is 9.78 Å². The SMILES string of the molecule is NC(=O)[C@@H]1CN(C(=O)NCc2ccnc(OC3CCCC3)c2)CCO1. The van der Waals surface area contributed by atoms with Crippen LogP contribution in [0.2, 0.25) is 0 Å². The molecule has 1 aromatic heterocycles. The van der Waals surface area contributed by atoms with Gasteiger partial charge >= 0.3 is 6.03 Å². The Morgan fingerprint density at radius 2 is 2.20 bits per heavy atom. The number of nitrogens with one attached hydrogen (secondary N) is 1. The average molecular weight is 348 g/mol. The zero-order chi connectivity index (χ0) is 17.6. The highest BCUT2D eigenvalue weighted by molar-refractivity contribution is 5.81. The zero-order valence-corrected chi connectivity index (χ0v) is 14.1. The second-order valence-electron chi connectivity index (χ2n) is 6.39. The van der Waals surface area contributed by atoms with Gasteiger partial charge in [-0.2, -0.15) is 0 Å². The highest BCUT2D eigenvalue weighted by Crippen LogP contribution is 2.23. The molecule has 1 saturated heterocycles. The average Bonchev–Trinajstić information content (AvgIpc) is 3.13. The first-order valence-corrected chi connectivity index (χ1v) is 8.67. The van der Waals surface area contributed by atoms with E-state index in [0.717, 1.165) is 18.4 Å². The van der Waals surface area contributed by atoms with E-state index in [2.05, 4.69) is 10.3 Å². The van der Waals surface area contributed by atoms with Gasteiger partial charge in [-0.05, 0) is 37.3 Å². The molecule has 3 N–H and O–H groups in total. The molecule has 0 radical (unpaired) electrons. The summed E-state index contributed by atoms with van der Waals surface area (Å²) in [5.41, 5.74) is 6.15. The maximum Gasteiger partial charge on any atom is 0.317 e. The lowest BCUT2D eigenvalue weighted by molar-refractivity contribution is -0.133. The van der Waals surface area contributed by atoms with Crippen LogP contribution in [-0.2, 0) is 16.1 Å². The molecule has 1 aliphatic carbocycles. The molecule has 0 unspecified atom stereocenters. The van der Waals surface area contributed by atoms with Gasteiger partial charge < -0.3 is 25.4 Å². The van der Waals surface area contributed by atoms with E-state index < -0.39 is 12.0 Å². The Bertz CT molecular complexity index is 618. The number of primary amides is 1. The summed E-state index contributed by atoms with van der Waals surface area (Å²) in [5.74, 6) is 0.0409. The van der Waals surface area contributed by atoms with Crippen molar-refractivity contribution in [2.24, 2.45) is 5.73 Å². The van der Waals surface area contributed by atoms with Crippen LogP contribution in [0.5, 0.6) is 5.88 Å². The van der Waals surface area contributed by atoms with Crippen molar-refractivity contribution in [1.82, 2.24) is 15.2 Å². The number of pyridine rings is 1. The Kier molecular flexibility index (Phi) is 5.70. The van der Waals surface area contributed by atoms with Crippen LogP contribution < -0.4 is 15.8 Å². The number of hydrogen-bond donors (Lipinski definition) is 2. The Hall–Kier alpha value is -2.35. The van der Waals surface area contributed by atoms with Gasteiger partial charge in [0.2, 0.25) is 11.8 Å². The first-order chi connectivity index (χ1) is 12.1.